The molecule has 1 N–H and O–H groups in total. The van der Waals surface area contributed by atoms with Crippen LogP contribution in [0.3, 0.4) is 0 Å². The quantitative estimate of drug-likeness (QED) is 0.864. The molecule has 0 aliphatic heterocycles. The van der Waals surface area contributed by atoms with Gasteiger partial charge in [0, 0.05) is 24.5 Å². The molecule has 98 valence electrons. The number of hydrogen-bond donors (Lipinski definition) is 1. The van der Waals surface area contributed by atoms with Crippen molar-refractivity contribution in [1.82, 2.24) is 15.0 Å². The molecule has 0 bridgehead atoms. The van der Waals surface area contributed by atoms with Gasteiger partial charge in [-0.1, -0.05) is 31.1 Å². The Morgan fingerprint density at radius 3 is 2.89 bits per heavy atom. The summed E-state index contributed by atoms with van der Waals surface area (Å²) in [5.41, 5.74) is 2.42. The second-order valence-corrected chi connectivity index (χ2v) is 5.56. The Kier molecular flexibility index (Phi) is 3.69. The predicted molar refractivity (Wildman–Crippen MR) is 77.7 cm³/mol. The monoisotopic (exact) mass is 271 g/mol. The van der Waals surface area contributed by atoms with Crippen molar-refractivity contribution in [2.24, 2.45) is 0 Å². The molecule has 0 amide bonds. The average Bonchev–Trinajstić information content (AvgIpc) is 2.93. The van der Waals surface area contributed by atoms with Gasteiger partial charge in [0.1, 0.15) is 10.5 Å². The molecule has 2 heterocycles. The molecule has 3 rings (SSSR count). The van der Waals surface area contributed by atoms with Crippen LogP contribution in [-0.4, -0.2) is 15.0 Å². The summed E-state index contributed by atoms with van der Waals surface area (Å²) in [6.07, 6.45) is 9.60. The number of hydrogen-bond acceptors (Lipinski definition) is 3. The lowest BCUT2D eigenvalue weighted by atomic mass is 10.0. The molecule has 19 heavy (non-hydrogen) atoms. The number of nitrogens with one attached hydrogen (secondary N) is 1. The maximum atomic E-state index is 5.29. The summed E-state index contributed by atoms with van der Waals surface area (Å²) in [6.45, 7) is 0. The molecule has 4 heteroatoms. The van der Waals surface area contributed by atoms with Gasteiger partial charge in [0.05, 0.1) is 0 Å². The first-order valence-corrected chi connectivity index (χ1v) is 7.21. The molecule has 2 aromatic heterocycles. The Bertz CT molecular complexity index is 600. The topological polar surface area (TPSA) is 41.6 Å². The van der Waals surface area contributed by atoms with Crippen LogP contribution in [-0.2, 0) is 6.42 Å². The Balaban J connectivity index is 1.87. The number of aromatic nitrogens is 3. The van der Waals surface area contributed by atoms with Crippen molar-refractivity contribution in [1.29, 1.82) is 0 Å². The molecular formula is C15H17N3S. The molecule has 0 spiro atoms. The van der Waals surface area contributed by atoms with E-state index in [-0.39, 0.29) is 0 Å². The number of aromatic amines is 1. The van der Waals surface area contributed by atoms with Crippen LogP contribution in [0.15, 0.2) is 30.6 Å². The van der Waals surface area contributed by atoms with E-state index in [1.54, 1.807) is 6.20 Å². The van der Waals surface area contributed by atoms with Crippen LogP contribution in [0.25, 0.3) is 0 Å². The maximum Gasteiger partial charge on any atom is 0.130 e. The molecule has 1 saturated carbocycles. The second-order valence-electron chi connectivity index (χ2n) is 5.14. The molecule has 0 aromatic carbocycles. The third-order valence-electron chi connectivity index (χ3n) is 3.70. The van der Waals surface area contributed by atoms with Gasteiger partial charge < -0.3 is 4.98 Å². The fraction of sp³-hybridized carbons (Fsp3) is 0.400. The van der Waals surface area contributed by atoms with Gasteiger partial charge in [0.2, 0.25) is 0 Å². The molecule has 0 atom stereocenters. The van der Waals surface area contributed by atoms with E-state index in [0.29, 0.717) is 10.6 Å². The number of nitrogens with zero attached hydrogens (tertiary/aromatic N) is 2. The minimum atomic E-state index is 0.636. The normalized spacial score (nSPS) is 15.8. The van der Waals surface area contributed by atoms with E-state index in [9.17, 15) is 0 Å². The summed E-state index contributed by atoms with van der Waals surface area (Å²) < 4.78 is 0.694. The first kappa shape index (κ1) is 12.5. The summed E-state index contributed by atoms with van der Waals surface area (Å²) >= 11 is 5.29. The van der Waals surface area contributed by atoms with Gasteiger partial charge in [-0.2, -0.15) is 0 Å². The van der Waals surface area contributed by atoms with Crippen LogP contribution in [0.5, 0.6) is 0 Å². The van der Waals surface area contributed by atoms with E-state index >= 15 is 0 Å². The number of H-pyrrole nitrogens is 1. The fourth-order valence-electron chi connectivity index (χ4n) is 2.77. The minimum Gasteiger partial charge on any atom is -0.347 e. The van der Waals surface area contributed by atoms with E-state index in [0.717, 1.165) is 17.8 Å². The lowest BCUT2D eigenvalue weighted by molar-refractivity contribution is 0.684. The summed E-state index contributed by atoms with van der Waals surface area (Å²) in [7, 11) is 0. The molecule has 0 unspecified atom stereocenters. The van der Waals surface area contributed by atoms with Crippen molar-refractivity contribution in [3.8, 4) is 0 Å². The van der Waals surface area contributed by atoms with E-state index in [4.69, 9.17) is 12.2 Å². The van der Waals surface area contributed by atoms with Crippen molar-refractivity contribution in [2.75, 3.05) is 0 Å². The lowest BCUT2D eigenvalue weighted by Gasteiger charge is -2.11. The van der Waals surface area contributed by atoms with Gasteiger partial charge in [-0.05, 0) is 36.5 Å². The van der Waals surface area contributed by atoms with Crippen molar-refractivity contribution in [3.63, 3.8) is 0 Å². The Hall–Kier alpha value is -1.55. The fourth-order valence-corrected chi connectivity index (χ4v) is 3.00. The van der Waals surface area contributed by atoms with E-state index in [1.807, 2.05) is 18.3 Å². The van der Waals surface area contributed by atoms with Crippen molar-refractivity contribution < 1.29 is 0 Å². The Morgan fingerprint density at radius 1 is 1.32 bits per heavy atom. The van der Waals surface area contributed by atoms with E-state index in [1.165, 1.54) is 31.4 Å². The maximum absolute atomic E-state index is 5.29. The molecule has 1 fully saturated rings. The minimum absolute atomic E-state index is 0.636. The van der Waals surface area contributed by atoms with Gasteiger partial charge in [0.15, 0.2) is 0 Å². The molecule has 1 aliphatic rings. The van der Waals surface area contributed by atoms with Crippen molar-refractivity contribution in [3.05, 3.63) is 52.3 Å². The molecule has 3 nitrogen and oxygen atoms in total. The molecule has 2 aromatic rings. The Labute approximate surface area is 118 Å². The van der Waals surface area contributed by atoms with E-state index in [2.05, 4.69) is 21.0 Å². The predicted octanol–water partition coefficient (Wildman–Crippen LogP) is 3.78. The SMILES string of the molecule is S=c1cc(C2CCCC2)[nH]c(Cc2cccnc2)n1. The van der Waals surface area contributed by atoms with Crippen molar-refractivity contribution >= 4 is 12.2 Å². The van der Waals surface area contributed by atoms with Crippen molar-refractivity contribution in [2.45, 2.75) is 38.0 Å². The van der Waals surface area contributed by atoms with Crippen LogP contribution >= 0.6 is 12.2 Å². The highest BCUT2D eigenvalue weighted by atomic mass is 32.1. The first-order chi connectivity index (χ1) is 9.31. The molecule has 1 aliphatic carbocycles. The lowest BCUT2D eigenvalue weighted by Crippen LogP contribution is -2.04. The van der Waals surface area contributed by atoms with Gasteiger partial charge in [0.25, 0.3) is 0 Å². The standard InChI is InChI=1S/C15H17N3S/c19-15-9-13(12-5-1-2-6-12)17-14(18-15)8-11-4-3-7-16-10-11/h3-4,7,9-10,12H,1-2,5-6,8H2,(H,17,18,19). The molecule has 0 saturated heterocycles. The van der Waals surface area contributed by atoms with Crippen LogP contribution in [0, 0.1) is 4.64 Å². The summed E-state index contributed by atoms with van der Waals surface area (Å²) in [5.74, 6) is 1.58. The highest BCUT2D eigenvalue weighted by Gasteiger charge is 2.18. The zero-order valence-corrected chi connectivity index (χ0v) is 11.6. The summed E-state index contributed by atoms with van der Waals surface area (Å²) in [5, 5.41) is 0. The van der Waals surface area contributed by atoms with Crippen LogP contribution in [0.2, 0.25) is 0 Å². The largest absolute Gasteiger partial charge is 0.347 e. The average molecular weight is 271 g/mol. The first-order valence-electron chi connectivity index (χ1n) is 6.80. The number of pyridine rings is 1. The summed E-state index contributed by atoms with van der Waals surface area (Å²) in [4.78, 5) is 12.0. The number of rotatable bonds is 3. The Morgan fingerprint density at radius 2 is 2.16 bits per heavy atom. The second kappa shape index (κ2) is 5.61. The third-order valence-corrected chi connectivity index (χ3v) is 3.91. The van der Waals surface area contributed by atoms with Crippen LogP contribution in [0.4, 0.5) is 0 Å². The van der Waals surface area contributed by atoms with Gasteiger partial charge in [-0.3, -0.25) is 4.98 Å². The van der Waals surface area contributed by atoms with Crippen LogP contribution in [0.1, 0.15) is 48.7 Å². The summed E-state index contributed by atoms with van der Waals surface area (Å²) in [6, 6.07) is 6.04. The van der Waals surface area contributed by atoms with Gasteiger partial charge >= 0.3 is 0 Å². The smallest absolute Gasteiger partial charge is 0.130 e. The highest BCUT2D eigenvalue weighted by Crippen LogP contribution is 2.32. The van der Waals surface area contributed by atoms with Gasteiger partial charge in [-0.25, -0.2) is 4.98 Å². The van der Waals surface area contributed by atoms with Gasteiger partial charge in [-0.15, -0.1) is 0 Å². The highest BCUT2D eigenvalue weighted by molar-refractivity contribution is 7.71. The molecule has 0 radical (unpaired) electrons. The zero-order valence-electron chi connectivity index (χ0n) is 10.8. The molecular weight excluding hydrogens is 254 g/mol. The van der Waals surface area contributed by atoms with Crippen LogP contribution < -0.4 is 0 Å². The van der Waals surface area contributed by atoms with E-state index < -0.39 is 0 Å². The third kappa shape index (κ3) is 3.07. The zero-order chi connectivity index (χ0) is 13.1.